The summed E-state index contributed by atoms with van der Waals surface area (Å²) in [6.45, 7) is 5.64. The molecule has 140 valence electrons. The number of halogens is 1. The number of benzene rings is 2. The number of guanidine groups is 1. The first kappa shape index (κ1) is 20.6. The average Bonchev–Trinajstić information content (AvgIpc) is 2.66. The highest BCUT2D eigenvalue weighted by Crippen LogP contribution is 2.30. The number of aryl methyl sites for hydroxylation is 1. The van der Waals surface area contributed by atoms with Gasteiger partial charge in [0.05, 0.1) is 13.2 Å². The Kier molecular flexibility index (Phi) is 7.75. The molecule has 0 saturated carbocycles. The highest BCUT2D eigenvalue weighted by molar-refractivity contribution is 14.0. The Bertz CT molecular complexity index is 743. The third kappa shape index (κ3) is 5.37. The number of rotatable bonds is 5. The maximum atomic E-state index is 5.91. The molecule has 0 aromatic heterocycles. The molecule has 26 heavy (non-hydrogen) atoms. The minimum absolute atomic E-state index is 0. The number of nitrogens with two attached hydrogens (primary N) is 1. The Labute approximate surface area is 173 Å². The van der Waals surface area contributed by atoms with Gasteiger partial charge in [-0.2, -0.15) is 0 Å². The normalized spacial score (nSPS) is 14.6. The smallest absolute Gasteiger partial charge is 0.189 e. The van der Waals surface area contributed by atoms with Gasteiger partial charge in [-0.1, -0.05) is 37.3 Å². The number of fused-ring (bicyclic) bond motifs is 1. The lowest BCUT2D eigenvalue weighted by Gasteiger charge is -2.18. The first-order valence-corrected chi connectivity index (χ1v) is 9.07. The van der Waals surface area contributed by atoms with Crippen LogP contribution >= 0.6 is 24.0 Å². The fourth-order valence-corrected chi connectivity index (χ4v) is 2.92. The number of hydrogen-bond acceptors (Lipinski definition) is 2. The minimum Gasteiger partial charge on any atom is -0.493 e. The molecule has 4 nitrogen and oxygen atoms in total. The molecule has 2 aromatic rings. The van der Waals surface area contributed by atoms with Gasteiger partial charge in [-0.05, 0) is 60.6 Å². The van der Waals surface area contributed by atoms with E-state index < -0.39 is 0 Å². The van der Waals surface area contributed by atoms with Gasteiger partial charge in [-0.3, -0.25) is 0 Å². The molecular weight excluding hydrogens is 437 g/mol. The van der Waals surface area contributed by atoms with Crippen molar-refractivity contribution in [3.8, 4) is 16.9 Å². The van der Waals surface area contributed by atoms with Crippen molar-refractivity contribution >= 4 is 29.9 Å². The zero-order valence-corrected chi connectivity index (χ0v) is 17.8. The highest BCUT2D eigenvalue weighted by atomic mass is 127. The van der Waals surface area contributed by atoms with E-state index in [0.717, 1.165) is 37.2 Å². The SMILES string of the molecule is CCC(C)NC(N)=NCc1ccc(-c2ccc3c(c2)CCCO3)cc1.I. The van der Waals surface area contributed by atoms with Crippen molar-refractivity contribution in [3.63, 3.8) is 0 Å². The zero-order valence-electron chi connectivity index (χ0n) is 15.5. The third-order valence-corrected chi connectivity index (χ3v) is 4.63. The van der Waals surface area contributed by atoms with Crippen molar-refractivity contribution in [2.45, 2.75) is 45.7 Å². The van der Waals surface area contributed by atoms with Crippen molar-refractivity contribution in [1.29, 1.82) is 0 Å². The van der Waals surface area contributed by atoms with Crippen LogP contribution in [-0.4, -0.2) is 18.6 Å². The van der Waals surface area contributed by atoms with Gasteiger partial charge in [0.2, 0.25) is 0 Å². The van der Waals surface area contributed by atoms with Crippen molar-refractivity contribution in [2.24, 2.45) is 10.7 Å². The largest absolute Gasteiger partial charge is 0.493 e. The van der Waals surface area contributed by atoms with E-state index in [9.17, 15) is 0 Å². The Morgan fingerprint density at radius 1 is 1.19 bits per heavy atom. The Morgan fingerprint density at radius 2 is 1.92 bits per heavy atom. The van der Waals surface area contributed by atoms with Crippen molar-refractivity contribution in [3.05, 3.63) is 53.6 Å². The monoisotopic (exact) mass is 465 g/mol. The van der Waals surface area contributed by atoms with Gasteiger partial charge in [0, 0.05) is 6.04 Å². The summed E-state index contributed by atoms with van der Waals surface area (Å²) in [5.74, 6) is 1.54. The molecule has 0 spiro atoms. The first-order valence-electron chi connectivity index (χ1n) is 9.07. The molecule has 1 heterocycles. The molecule has 0 bridgehead atoms. The fraction of sp³-hybridized carbons (Fsp3) is 0.381. The summed E-state index contributed by atoms with van der Waals surface area (Å²) in [5.41, 5.74) is 10.8. The molecule has 0 fully saturated rings. The van der Waals surface area contributed by atoms with Crippen molar-refractivity contribution in [2.75, 3.05) is 6.61 Å². The van der Waals surface area contributed by atoms with Crippen LogP contribution in [0.15, 0.2) is 47.5 Å². The summed E-state index contributed by atoms with van der Waals surface area (Å²) in [6, 6.07) is 15.3. The van der Waals surface area contributed by atoms with Crippen LogP contribution in [-0.2, 0) is 13.0 Å². The lowest BCUT2D eigenvalue weighted by molar-refractivity contribution is 0.288. The van der Waals surface area contributed by atoms with E-state index >= 15 is 0 Å². The van der Waals surface area contributed by atoms with Crippen LogP contribution in [0.3, 0.4) is 0 Å². The molecule has 1 aliphatic rings. The quantitative estimate of drug-likeness (QED) is 0.389. The molecular formula is C21H28IN3O. The third-order valence-electron chi connectivity index (χ3n) is 4.63. The van der Waals surface area contributed by atoms with Crippen LogP contribution in [0.25, 0.3) is 11.1 Å². The molecule has 0 radical (unpaired) electrons. The Morgan fingerprint density at radius 3 is 2.65 bits per heavy atom. The number of nitrogens with one attached hydrogen (secondary N) is 1. The standard InChI is InChI=1S/C21H27N3O.HI/c1-3-15(2)24-21(22)23-14-16-6-8-17(9-7-16)18-10-11-20-19(13-18)5-4-12-25-20;/h6-11,13,15H,3-5,12,14H2,1-2H3,(H3,22,23,24);1H. The van der Waals surface area contributed by atoms with Gasteiger partial charge in [0.25, 0.3) is 0 Å². The van der Waals surface area contributed by atoms with Crippen molar-refractivity contribution < 1.29 is 4.74 Å². The predicted molar refractivity (Wildman–Crippen MR) is 119 cm³/mol. The van der Waals surface area contributed by atoms with Gasteiger partial charge < -0.3 is 15.8 Å². The average molecular weight is 465 g/mol. The summed E-state index contributed by atoms with van der Waals surface area (Å²) in [4.78, 5) is 4.41. The zero-order chi connectivity index (χ0) is 17.6. The molecule has 3 N–H and O–H groups in total. The summed E-state index contributed by atoms with van der Waals surface area (Å²) in [7, 11) is 0. The lowest BCUT2D eigenvalue weighted by Crippen LogP contribution is -2.38. The molecule has 0 amide bonds. The highest BCUT2D eigenvalue weighted by Gasteiger charge is 2.11. The van der Waals surface area contributed by atoms with Gasteiger partial charge in [-0.15, -0.1) is 24.0 Å². The van der Waals surface area contributed by atoms with Crippen LogP contribution in [0.4, 0.5) is 0 Å². The lowest BCUT2D eigenvalue weighted by atomic mass is 9.98. The summed E-state index contributed by atoms with van der Waals surface area (Å²) in [5, 5.41) is 3.18. The molecule has 1 unspecified atom stereocenters. The van der Waals surface area contributed by atoms with E-state index in [2.05, 4.69) is 66.6 Å². The van der Waals surface area contributed by atoms with Crippen molar-refractivity contribution in [1.82, 2.24) is 5.32 Å². The van der Waals surface area contributed by atoms with Gasteiger partial charge in [0.1, 0.15) is 5.75 Å². The minimum atomic E-state index is 0. The maximum Gasteiger partial charge on any atom is 0.189 e. The predicted octanol–water partition coefficient (Wildman–Crippen LogP) is 4.50. The van der Waals surface area contributed by atoms with E-state index in [0.29, 0.717) is 18.5 Å². The number of nitrogens with zero attached hydrogens (tertiary/aromatic N) is 1. The number of aliphatic imine (C=N–C) groups is 1. The second-order valence-corrected chi connectivity index (χ2v) is 6.63. The van der Waals surface area contributed by atoms with Crippen LogP contribution in [0.1, 0.15) is 37.8 Å². The van der Waals surface area contributed by atoms with E-state index in [1.54, 1.807) is 0 Å². The van der Waals surface area contributed by atoms with Crippen LogP contribution < -0.4 is 15.8 Å². The number of hydrogen-bond donors (Lipinski definition) is 2. The van der Waals surface area contributed by atoms with E-state index in [-0.39, 0.29) is 24.0 Å². The van der Waals surface area contributed by atoms with E-state index in [1.807, 2.05) is 0 Å². The summed E-state index contributed by atoms with van der Waals surface area (Å²) < 4.78 is 5.69. The van der Waals surface area contributed by atoms with Crippen LogP contribution in [0.5, 0.6) is 5.75 Å². The topological polar surface area (TPSA) is 59.6 Å². The second kappa shape index (κ2) is 9.80. The first-order chi connectivity index (χ1) is 12.2. The molecule has 2 aromatic carbocycles. The van der Waals surface area contributed by atoms with Gasteiger partial charge >= 0.3 is 0 Å². The second-order valence-electron chi connectivity index (χ2n) is 6.63. The Balaban J connectivity index is 0.00000243. The van der Waals surface area contributed by atoms with Crippen LogP contribution in [0, 0.1) is 0 Å². The molecule has 0 saturated heterocycles. The molecule has 1 aliphatic heterocycles. The van der Waals surface area contributed by atoms with Gasteiger partial charge in [-0.25, -0.2) is 4.99 Å². The molecule has 1 atom stereocenters. The summed E-state index contributed by atoms with van der Waals surface area (Å²) >= 11 is 0. The van der Waals surface area contributed by atoms with E-state index in [4.69, 9.17) is 10.5 Å². The maximum absolute atomic E-state index is 5.91. The van der Waals surface area contributed by atoms with Gasteiger partial charge in [0.15, 0.2) is 5.96 Å². The number of ether oxygens (including phenoxy) is 1. The fourth-order valence-electron chi connectivity index (χ4n) is 2.92. The molecule has 0 aliphatic carbocycles. The summed E-state index contributed by atoms with van der Waals surface area (Å²) in [6.07, 6.45) is 3.22. The Hall–Kier alpha value is -1.76. The molecule has 5 heteroatoms. The van der Waals surface area contributed by atoms with E-state index in [1.165, 1.54) is 16.7 Å². The molecule has 3 rings (SSSR count). The van der Waals surface area contributed by atoms with Crippen LogP contribution in [0.2, 0.25) is 0 Å².